The van der Waals surface area contributed by atoms with Gasteiger partial charge < -0.3 is 10.6 Å². The summed E-state index contributed by atoms with van der Waals surface area (Å²) < 4.78 is 13.6. The minimum absolute atomic E-state index is 0.0234. The molecule has 1 saturated heterocycles. The minimum Gasteiger partial charge on any atom is -0.323 e. The Labute approximate surface area is 139 Å². The Kier molecular flexibility index (Phi) is 4.26. The number of hydrogen-bond acceptors (Lipinski definition) is 3. The van der Waals surface area contributed by atoms with Gasteiger partial charge in [-0.05, 0) is 30.9 Å². The number of anilines is 1. The van der Waals surface area contributed by atoms with Crippen molar-refractivity contribution in [1.82, 2.24) is 10.2 Å². The van der Waals surface area contributed by atoms with Gasteiger partial charge in [-0.15, -0.1) is 0 Å². The first-order valence-corrected chi connectivity index (χ1v) is 8.12. The fourth-order valence-corrected chi connectivity index (χ4v) is 3.53. The van der Waals surface area contributed by atoms with E-state index in [9.17, 15) is 18.8 Å². The van der Waals surface area contributed by atoms with E-state index in [4.69, 9.17) is 0 Å². The van der Waals surface area contributed by atoms with Crippen LogP contribution in [-0.2, 0) is 9.59 Å². The van der Waals surface area contributed by atoms with Gasteiger partial charge >= 0.3 is 6.03 Å². The van der Waals surface area contributed by atoms with E-state index in [2.05, 4.69) is 10.6 Å². The number of halogens is 1. The van der Waals surface area contributed by atoms with Crippen molar-refractivity contribution in [2.24, 2.45) is 5.92 Å². The van der Waals surface area contributed by atoms with Crippen molar-refractivity contribution in [3.05, 3.63) is 30.1 Å². The van der Waals surface area contributed by atoms with Crippen molar-refractivity contribution in [3.8, 4) is 0 Å². The third kappa shape index (κ3) is 2.74. The van der Waals surface area contributed by atoms with E-state index in [1.807, 2.05) is 6.92 Å². The monoisotopic (exact) mass is 333 g/mol. The Bertz CT molecular complexity index is 693. The smallest absolute Gasteiger partial charge is 0.323 e. The van der Waals surface area contributed by atoms with Crippen LogP contribution < -0.4 is 10.6 Å². The van der Waals surface area contributed by atoms with Gasteiger partial charge in [-0.2, -0.15) is 0 Å². The zero-order valence-corrected chi connectivity index (χ0v) is 13.5. The van der Waals surface area contributed by atoms with E-state index in [0.29, 0.717) is 6.42 Å². The normalized spacial score (nSPS) is 26.6. The van der Waals surface area contributed by atoms with E-state index >= 15 is 0 Å². The summed E-state index contributed by atoms with van der Waals surface area (Å²) >= 11 is 0. The van der Waals surface area contributed by atoms with Crippen molar-refractivity contribution in [2.45, 2.75) is 38.1 Å². The molecule has 2 fully saturated rings. The molecule has 1 saturated carbocycles. The summed E-state index contributed by atoms with van der Waals surface area (Å²) in [7, 11) is 0. The Morgan fingerprint density at radius 1 is 1.38 bits per heavy atom. The van der Waals surface area contributed by atoms with Crippen LogP contribution in [0.15, 0.2) is 24.3 Å². The Morgan fingerprint density at radius 3 is 2.83 bits per heavy atom. The maximum Gasteiger partial charge on any atom is 0.325 e. The molecule has 2 N–H and O–H groups in total. The van der Waals surface area contributed by atoms with Gasteiger partial charge in [0.25, 0.3) is 5.91 Å². The molecule has 0 unspecified atom stereocenters. The van der Waals surface area contributed by atoms with Crippen LogP contribution in [0.3, 0.4) is 0 Å². The van der Waals surface area contributed by atoms with Gasteiger partial charge in [-0.3, -0.25) is 14.5 Å². The van der Waals surface area contributed by atoms with Gasteiger partial charge in [0.15, 0.2) is 0 Å². The second kappa shape index (κ2) is 6.22. The molecule has 0 aromatic heterocycles. The lowest BCUT2D eigenvalue weighted by molar-refractivity contribution is -0.136. The number of benzene rings is 1. The third-order valence-electron chi connectivity index (χ3n) is 4.95. The molecule has 1 aliphatic carbocycles. The standard InChI is InChI=1S/C17H20FN3O3/c1-11-6-4-5-9-17(11)15(23)21(16(24)20-17)10-14(22)19-13-8-3-2-7-12(13)18/h2-3,7-8,11H,4-6,9-10H2,1H3,(H,19,22)(H,20,24)/t11-,17-/m1/s1. The summed E-state index contributed by atoms with van der Waals surface area (Å²) in [6.45, 7) is 1.52. The number of amides is 4. The molecule has 0 bridgehead atoms. The lowest BCUT2D eigenvalue weighted by atomic mass is 9.73. The van der Waals surface area contributed by atoms with Crippen molar-refractivity contribution in [3.63, 3.8) is 0 Å². The molecular weight excluding hydrogens is 313 g/mol. The molecule has 2 aliphatic rings. The average molecular weight is 333 g/mol. The molecule has 1 aromatic carbocycles. The van der Waals surface area contributed by atoms with Crippen LogP contribution in [0.5, 0.6) is 0 Å². The predicted octanol–water partition coefficient (Wildman–Crippen LogP) is 2.26. The summed E-state index contributed by atoms with van der Waals surface area (Å²) in [5.74, 6) is -1.50. The number of nitrogens with zero attached hydrogens (tertiary/aromatic N) is 1. The number of carbonyl (C=O) groups excluding carboxylic acids is 3. The van der Waals surface area contributed by atoms with E-state index in [0.717, 1.165) is 24.2 Å². The second-order valence-corrected chi connectivity index (χ2v) is 6.47. The number of imide groups is 1. The maximum atomic E-state index is 13.6. The number of hydrogen-bond donors (Lipinski definition) is 2. The summed E-state index contributed by atoms with van der Waals surface area (Å²) in [5.41, 5.74) is -0.872. The molecular formula is C17H20FN3O3. The van der Waals surface area contributed by atoms with Crippen LogP contribution in [0.4, 0.5) is 14.9 Å². The number of urea groups is 1. The number of para-hydroxylation sites is 1. The van der Waals surface area contributed by atoms with Gasteiger partial charge in [0.05, 0.1) is 5.69 Å². The van der Waals surface area contributed by atoms with Crippen LogP contribution in [0.2, 0.25) is 0 Å². The van der Waals surface area contributed by atoms with Crippen molar-refractivity contribution < 1.29 is 18.8 Å². The van der Waals surface area contributed by atoms with Gasteiger partial charge in [-0.1, -0.05) is 31.9 Å². The SMILES string of the molecule is C[C@@H]1CCCC[C@@]12NC(=O)N(CC(=O)Nc1ccccc1F)C2=O. The first-order chi connectivity index (χ1) is 11.4. The fourth-order valence-electron chi connectivity index (χ4n) is 3.53. The molecule has 24 heavy (non-hydrogen) atoms. The molecule has 0 radical (unpaired) electrons. The van der Waals surface area contributed by atoms with Gasteiger partial charge in [-0.25, -0.2) is 9.18 Å². The zero-order valence-electron chi connectivity index (χ0n) is 13.5. The van der Waals surface area contributed by atoms with Crippen LogP contribution in [0.25, 0.3) is 0 Å². The molecule has 2 atom stereocenters. The Hall–Kier alpha value is -2.44. The van der Waals surface area contributed by atoms with Crippen LogP contribution >= 0.6 is 0 Å². The first kappa shape index (κ1) is 16.4. The molecule has 1 aromatic rings. The number of nitrogens with one attached hydrogen (secondary N) is 2. The largest absolute Gasteiger partial charge is 0.325 e. The van der Waals surface area contributed by atoms with Crippen molar-refractivity contribution >= 4 is 23.5 Å². The summed E-state index contributed by atoms with van der Waals surface area (Å²) in [6, 6.07) is 5.19. The Morgan fingerprint density at radius 2 is 2.12 bits per heavy atom. The van der Waals surface area contributed by atoms with E-state index in [1.165, 1.54) is 18.2 Å². The zero-order chi connectivity index (χ0) is 17.3. The van der Waals surface area contributed by atoms with Crippen LogP contribution in [0.1, 0.15) is 32.6 Å². The highest BCUT2D eigenvalue weighted by atomic mass is 19.1. The molecule has 128 valence electrons. The highest BCUT2D eigenvalue weighted by molar-refractivity contribution is 6.10. The van der Waals surface area contributed by atoms with Crippen LogP contribution in [0, 0.1) is 11.7 Å². The fraction of sp³-hybridized carbons (Fsp3) is 0.471. The second-order valence-electron chi connectivity index (χ2n) is 6.47. The molecule has 6 nitrogen and oxygen atoms in total. The lowest BCUT2D eigenvalue weighted by Gasteiger charge is -2.36. The topological polar surface area (TPSA) is 78.5 Å². The molecule has 1 spiro atoms. The van der Waals surface area contributed by atoms with Gasteiger partial charge in [0.2, 0.25) is 5.91 Å². The van der Waals surface area contributed by atoms with Crippen LogP contribution in [-0.4, -0.2) is 34.8 Å². The third-order valence-corrected chi connectivity index (χ3v) is 4.95. The molecule has 7 heteroatoms. The minimum atomic E-state index is -0.895. The van der Waals surface area contributed by atoms with Crippen molar-refractivity contribution in [1.29, 1.82) is 0 Å². The summed E-state index contributed by atoms with van der Waals surface area (Å²) in [4.78, 5) is 38.0. The molecule has 1 heterocycles. The maximum absolute atomic E-state index is 13.6. The highest BCUT2D eigenvalue weighted by Gasteiger charge is 2.55. The van der Waals surface area contributed by atoms with Gasteiger partial charge in [0, 0.05) is 0 Å². The quantitative estimate of drug-likeness (QED) is 0.833. The average Bonchev–Trinajstić information content (AvgIpc) is 2.78. The summed E-state index contributed by atoms with van der Waals surface area (Å²) in [5, 5.41) is 5.18. The summed E-state index contributed by atoms with van der Waals surface area (Å²) in [6.07, 6.45) is 3.34. The van der Waals surface area contributed by atoms with E-state index in [-0.39, 0.29) is 17.5 Å². The molecule has 3 rings (SSSR count). The van der Waals surface area contributed by atoms with E-state index < -0.39 is 29.8 Å². The highest BCUT2D eigenvalue weighted by Crippen LogP contribution is 2.38. The lowest BCUT2D eigenvalue weighted by Crippen LogP contribution is -2.54. The van der Waals surface area contributed by atoms with E-state index in [1.54, 1.807) is 6.07 Å². The number of rotatable bonds is 3. The predicted molar refractivity (Wildman–Crippen MR) is 85.6 cm³/mol. The van der Waals surface area contributed by atoms with Crippen molar-refractivity contribution in [2.75, 3.05) is 11.9 Å². The molecule has 4 amide bonds. The Balaban J connectivity index is 1.71. The van der Waals surface area contributed by atoms with Gasteiger partial charge in [0.1, 0.15) is 17.9 Å². The first-order valence-electron chi connectivity index (χ1n) is 8.12. The number of carbonyl (C=O) groups is 3. The molecule has 1 aliphatic heterocycles.